The third-order valence-corrected chi connectivity index (χ3v) is 5.99. The Morgan fingerprint density at radius 3 is 1.94 bits per heavy atom. The van der Waals surface area contributed by atoms with E-state index in [1.54, 1.807) is 0 Å². The highest BCUT2D eigenvalue weighted by Crippen LogP contribution is 2.26. The van der Waals surface area contributed by atoms with Crippen LogP contribution in [0, 0.1) is 0 Å². The highest BCUT2D eigenvalue weighted by atomic mass is 16.5. The quantitative estimate of drug-likeness (QED) is 0.214. The molecule has 0 unspecified atom stereocenters. The molecule has 3 aromatic rings. The van der Waals surface area contributed by atoms with E-state index in [0.29, 0.717) is 13.2 Å². The first kappa shape index (κ1) is 25.8. The van der Waals surface area contributed by atoms with Crippen molar-refractivity contribution in [2.45, 2.75) is 64.8 Å². The summed E-state index contributed by atoms with van der Waals surface area (Å²) in [6, 6.07) is 27.5. The molecule has 3 heteroatoms. The lowest BCUT2D eigenvalue weighted by molar-refractivity contribution is 0.293. The Kier molecular flexibility index (Phi) is 12.1. The van der Waals surface area contributed by atoms with Crippen molar-refractivity contribution in [1.82, 2.24) is 5.32 Å². The predicted molar refractivity (Wildman–Crippen MR) is 143 cm³/mol. The van der Waals surface area contributed by atoms with Crippen LogP contribution in [0.4, 0.5) is 0 Å². The normalized spacial score (nSPS) is 10.9. The van der Waals surface area contributed by atoms with Gasteiger partial charge in [0.25, 0.3) is 0 Å². The van der Waals surface area contributed by atoms with E-state index in [2.05, 4.69) is 91.1 Å². The molecule has 0 aliphatic heterocycles. The van der Waals surface area contributed by atoms with Crippen LogP contribution in [0.1, 0.15) is 62.1 Å². The predicted octanol–water partition coefficient (Wildman–Crippen LogP) is 7.38. The second-order valence-corrected chi connectivity index (χ2v) is 8.88. The molecule has 0 heterocycles. The van der Waals surface area contributed by atoms with Crippen LogP contribution >= 0.6 is 0 Å². The molecule has 0 saturated heterocycles. The number of hydrogen-bond acceptors (Lipinski definition) is 3. The molecule has 0 saturated carbocycles. The van der Waals surface area contributed by atoms with Gasteiger partial charge in [-0.2, -0.15) is 0 Å². The molecule has 0 spiro atoms. The van der Waals surface area contributed by atoms with Gasteiger partial charge in [0, 0.05) is 18.2 Å². The summed E-state index contributed by atoms with van der Waals surface area (Å²) >= 11 is 0. The number of aryl methyl sites for hydroxylation is 2. The Hall–Kier alpha value is -2.78. The van der Waals surface area contributed by atoms with Gasteiger partial charge in [-0.1, -0.05) is 92.9 Å². The summed E-state index contributed by atoms with van der Waals surface area (Å²) < 4.78 is 12.3. The number of rotatable bonds is 17. The fourth-order valence-corrected chi connectivity index (χ4v) is 4.02. The average Bonchev–Trinajstić information content (AvgIpc) is 2.88. The molecule has 1 N–H and O–H groups in total. The third-order valence-electron chi connectivity index (χ3n) is 5.99. The smallest absolute Gasteiger partial charge is 0.127 e. The van der Waals surface area contributed by atoms with E-state index in [1.807, 2.05) is 0 Å². The van der Waals surface area contributed by atoms with Gasteiger partial charge in [0.2, 0.25) is 0 Å². The summed E-state index contributed by atoms with van der Waals surface area (Å²) in [5.74, 6) is 1.83. The van der Waals surface area contributed by atoms with E-state index < -0.39 is 0 Å². The highest BCUT2D eigenvalue weighted by Gasteiger charge is 2.07. The lowest BCUT2D eigenvalue weighted by Gasteiger charge is -2.15. The van der Waals surface area contributed by atoms with Crippen LogP contribution in [0.15, 0.2) is 78.9 Å². The third kappa shape index (κ3) is 10.0. The number of unbranched alkanes of at least 4 members (excludes halogenated alkanes) is 3. The van der Waals surface area contributed by atoms with Gasteiger partial charge in [-0.25, -0.2) is 0 Å². The summed E-state index contributed by atoms with van der Waals surface area (Å²) in [6.45, 7) is 5.53. The van der Waals surface area contributed by atoms with E-state index in [0.717, 1.165) is 50.3 Å². The lowest BCUT2D eigenvalue weighted by atomic mass is 10.1. The number of nitrogens with one attached hydrogen (secondary N) is 1. The van der Waals surface area contributed by atoms with Gasteiger partial charge < -0.3 is 14.8 Å². The molecule has 3 nitrogen and oxygen atoms in total. The van der Waals surface area contributed by atoms with Crippen LogP contribution < -0.4 is 14.8 Å². The van der Waals surface area contributed by atoms with E-state index in [-0.39, 0.29) is 0 Å². The van der Waals surface area contributed by atoms with Gasteiger partial charge in [-0.3, -0.25) is 0 Å². The van der Waals surface area contributed by atoms with Crippen molar-refractivity contribution in [1.29, 1.82) is 0 Å². The van der Waals surface area contributed by atoms with Crippen LogP contribution in [0.3, 0.4) is 0 Å². The molecular formula is C31H41NO2. The fourth-order valence-electron chi connectivity index (χ4n) is 4.02. The molecule has 182 valence electrons. The van der Waals surface area contributed by atoms with Gasteiger partial charge >= 0.3 is 0 Å². The van der Waals surface area contributed by atoms with Crippen molar-refractivity contribution >= 4 is 0 Å². The van der Waals surface area contributed by atoms with Crippen LogP contribution in [0.25, 0.3) is 0 Å². The first-order valence-electron chi connectivity index (χ1n) is 13.0. The largest absolute Gasteiger partial charge is 0.493 e. The number of ether oxygens (including phenoxy) is 2. The summed E-state index contributed by atoms with van der Waals surface area (Å²) in [4.78, 5) is 0. The van der Waals surface area contributed by atoms with Crippen molar-refractivity contribution in [2.75, 3.05) is 19.8 Å². The van der Waals surface area contributed by atoms with Gasteiger partial charge in [0.15, 0.2) is 0 Å². The molecule has 0 fully saturated rings. The standard InChI is InChI=1S/C31H41NO2/c1-2-3-4-11-22-32-26-29-20-21-30(33-23-12-18-27-14-7-5-8-15-27)25-31(29)34-24-13-19-28-16-9-6-10-17-28/h5-10,14-17,20-21,25,32H,2-4,11-13,18-19,22-24,26H2,1H3. The maximum Gasteiger partial charge on any atom is 0.127 e. The van der Waals surface area contributed by atoms with Crippen LogP contribution in [0.5, 0.6) is 11.5 Å². The Morgan fingerprint density at radius 1 is 0.647 bits per heavy atom. The van der Waals surface area contributed by atoms with Crippen molar-refractivity contribution in [2.24, 2.45) is 0 Å². The van der Waals surface area contributed by atoms with Gasteiger partial charge in [0.1, 0.15) is 11.5 Å². The van der Waals surface area contributed by atoms with E-state index >= 15 is 0 Å². The Labute approximate surface area is 206 Å². The summed E-state index contributed by atoms with van der Waals surface area (Å²) in [7, 11) is 0. The minimum Gasteiger partial charge on any atom is -0.493 e. The fraction of sp³-hybridized carbons (Fsp3) is 0.419. The summed E-state index contributed by atoms with van der Waals surface area (Å²) in [6.07, 6.45) is 9.16. The van der Waals surface area contributed by atoms with Crippen LogP contribution in [-0.2, 0) is 19.4 Å². The zero-order chi connectivity index (χ0) is 23.7. The Morgan fingerprint density at radius 2 is 1.29 bits per heavy atom. The maximum atomic E-state index is 6.25. The maximum absolute atomic E-state index is 6.25. The average molecular weight is 460 g/mol. The molecule has 0 radical (unpaired) electrons. The van der Waals surface area contributed by atoms with Gasteiger partial charge in [0.05, 0.1) is 13.2 Å². The van der Waals surface area contributed by atoms with Gasteiger partial charge in [-0.05, 0) is 55.8 Å². The second kappa shape index (κ2) is 16.0. The SMILES string of the molecule is CCCCCCNCc1ccc(OCCCc2ccccc2)cc1OCCCc1ccccc1. The monoisotopic (exact) mass is 459 g/mol. The number of benzene rings is 3. The number of hydrogen-bond donors (Lipinski definition) is 1. The first-order valence-corrected chi connectivity index (χ1v) is 13.0. The minimum absolute atomic E-state index is 0.704. The zero-order valence-corrected chi connectivity index (χ0v) is 20.8. The summed E-state index contributed by atoms with van der Waals surface area (Å²) in [5.41, 5.74) is 3.91. The zero-order valence-electron chi connectivity index (χ0n) is 20.8. The minimum atomic E-state index is 0.704. The van der Waals surface area contributed by atoms with Crippen LogP contribution in [0.2, 0.25) is 0 Å². The second-order valence-electron chi connectivity index (χ2n) is 8.88. The Balaban J connectivity index is 1.49. The van der Waals surface area contributed by atoms with Crippen molar-refractivity contribution < 1.29 is 9.47 Å². The molecule has 0 amide bonds. The molecule has 0 aliphatic rings. The van der Waals surface area contributed by atoms with Crippen molar-refractivity contribution in [3.63, 3.8) is 0 Å². The topological polar surface area (TPSA) is 30.5 Å². The lowest BCUT2D eigenvalue weighted by Crippen LogP contribution is -2.16. The molecular weight excluding hydrogens is 418 g/mol. The van der Waals surface area contributed by atoms with Gasteiger partial charge in [-0.15, -0.1) is 0 Å². The highest BCUT2D eigenvalue weighted by molar-refractivity contribution is 5.40. The molecule has 0 bridgehead atoms. The Bertz CT molecular complexity index is 911. The first-order chi connectivity index (χ1) is 16.8. The van der Waals surface area contributed by atoms with Crippen molar-refractivity contribution in [3.8, 4) is 11.5 Å². The molecule has 0 aliphatic carbocycles. The van der Waals surface area contributed by atoms with Crippen molar-refractivity contribution in [3.05, 3.63) is 95.6 Å². The van der Waals surface area contributed by atoms with E-state index in [1.165, 1.54) is 42.4 Å². The molecule has 0 aromatic heterocycles. The van der Waals surface area contributed by atoms with Crippen LogP contribution in [-0.4, -0.2) is 19.8 Å². The van der Waals surface area contributed by atoms with E-state index in [9.17, 15) is 0 Å². The molecule has 3 rings (SSSR count). The summed E-state index contributed by atoms with van der Waals surface area (Å²) in [5, 5.41) is 3.59. The molecule has 0 atom stereocenters. The molecule has 34 heavy (non-hydrogen) atoms. The molecule has 3 aromatic carbocycles. The van der Waals surface area contributed by atoms with E-state index in [4.69, 9.17) is 9.47 Å².